The molecule has 1 aromatic carbocycles. The molecule has 2 heterocycles. The summed E-state index contributed by atoms with van der Waals surface area (Å²) < 4.78 is 5.27. The van der Waals surface area contributed by atoms with Crippen LogP contribution in [0.1, 0.15) is 27.6 Å². The van der Waals surface area contributed by atoms with Gasteiger partial charge in [0.15, 0.2) is 0 Å². The number of carbonyl (C=O) groups excluding carboxylic acids is 3. The summed E-state index contributed by atoms with van der Waals surface area (Å²) in [5.74, 6) is -1.42. The van der Waals surface area contributed by atoms with Crippen molar-refractivity contribution < 1.29 is 19.1 Å². The molecule has 0 aliphatic carbocycles. The summed E-state index contributed by atoms with van der Waals surface area (Å²) in [5.41, 5.74) is 0.692. The molecule has 0 bridgehead atoms. The molecule has 2 aliphatic rings. The Morgan fingerprint density at radius 2 is 1.71 bits per heavy atom. The number of amides is 3. The lowest BCUT2D eigenvalue weighted by molar-refractivity contribution is -0.140. The van der Waals surface area contributed by atoms with Crippen molar-refractivity contribution in [2.45, 2.75) is 13.0 Å². The Morgan fingerprint density at radius 1 is 1.17 bits per heavy atom. The molecule has 24 heavy (non-hydrogen) atoms. The third-order valence-electron chi connectivity index (χ3n) is 4.55. The Morgan fingerprint density at radius 3 is 2.21 bits per heavy atom. The highest BCUT2D eigenvalue weighted by atomic mass is 16.5. The van der Waals surface area contributed by atoms with Gasteiger partial charge in [-0.25, -0.2) is 0 Å². The zero-order chi connectivity index (χ0) is 17.3. The predicted octanol–water partition coefficient (Wildman–Crippen LogP) is 1.33. The Kier molecular flexibility index (Phi) is 4.49. The van der Waals surface area contributed by atoms with Gasteiger partial charge < -0.3 is 9.64 Å². The van der Waals surface area contributed by atoms with Gasteiger partial charge in [0.2, 0.25) is 5.91 Å². The van der Waals surface area contributed by atoms with E-state index >= 15 is 0 Å². The molecule has 1 aromatic rings. The lowest BCUT2D eigenvalue weighted by Crippen LogP contribution is -2.55. The average molecular weight is 328 g/mol. The fourth-order valence-electron chi connectivity index (χ4n) is 3.13. The summed E-state index contributed by atoms with van der Waals surface area (Å²) in [6.45, 7) is 7.37. The molecule has 0 aromatic heterocycles. The van der Waals surface area contributed by atoms with Crippen LogP contribution in [0.15, 0.2) is 36.9 Å². The second kappa shape index (κ2) is 6.57. The van der Waals surface area contributed by atoms with E-state index in [1.807, 2.05) is 0 Å². The van der Waals surface area contributed by atoms with Gasteiger partial charge in [-0.3, -0.25) is 19.3 Å². The van der Waals surface area contributed by atoms with Crippen molar-refractivity contribution in [3.05, 3.63) is 48.0 Å². The third kappa shape index (κ3) is 2.63. The number of rotatable bonds is 4. The SMILES string of the molecule is C=C[C@@H](C)[C@@H](C(=O)N1CCOCC1)N1C(=O)c2ccccc2C1=O. The molecule has 2 atom stereocenters. The van der Waals surface area contributed by atoms with Crippen molar-refractivity contribution in [2.24, 2.45) is 5.92 Å². The van der Waals surface area contributed by atoms with Crippen LogP contribution in [0.2, 0.25) is 0 Å². The molecule has 3 rings (SSSR count). The molecule has 0 saturated carbocycles. The summed E-state index contributed by atoms with van der Waals surface area (Å²) in [7, 11) is 0. The van der Waals surface area contributed by atoms with E-state index in [0.717, 1.165) is 4.90 Å². The topological polar surface area (TPSA) is 66.9 Å². The third-order valence-corrected chi connectivity index (χ3v) is 4.55. The number of ether oxygens (including phenoxy) is 1. The van der Waals surface area contributed by atoms with Crippen LogP contribution < -0.4 is 0 Å². The van der Waals surface area contributed by atoms with E-state index in [4.69, 9.17) is 4.74 Å². The van der Waals surface area contributed by atoms with Crippen molar-refractivity contribution in [1.29, 1.82) is 0 Å². The minimum Gasteiger partial charge on any atom is -0.378 e. The van der Waals surface area contributed by atoms with Gasteiger partial charge in [-0.2, -0.15) is 0 Å². The highest BCUT2D eigenvalue weighted by Crippen LogP contribution is 2.28. The molecular formula is C18H20N2O4. The van der Waals surface area contributed by atoms with E-state index in [1.165, 1.54) is 0 Å². The lowest BCUT2D eigenvalue weighted by Gasteiger charge is -2.35. The van der Waals surface area contributed by atoms with Gasteiger partial charge in [0.1, 0.15) is 6.04 Å². The number of fused-ring (bicyclic) bond motifs is 1. The summed E-state index contributed by atoms with van der Waals surface area (Å²) in [6.07, 6.45) is 1.60. The Balaban J connectivity index is 1.95. The summed E-state index contributed by atoms with van der Waals surface area (Å²) in [4.78, 5) is 41.2. The lowest BCUT2D eigenvalue weighted by atomic mass is 9.98. The largest absolute Gasteiger partial charge is 0.378 e. The number of benzene rings is 1. The van der Waals surface area contributed by atoms with Crippen molar-refractivity contribution in [3.8, 4) is 0 Å². The normalized spacial score (nSPS) is 19.9. The molecule has 0 unspecified atom stereocenters. The molecular weight excluding hydrogens is 308 g/mol. The second-order valence-corrected chi connectivity index (χ2v) is 6.00. The monoisotopic (exact) mass is 328 g/mol. The van der Waals surface area contributed by atoms with Gasteiger partial charge in [-0.05, 0) is 12.1 Å². The molecule has 126 valence electrons. The first-order valence-corrected chi connectivity index (χ1v) is 8.02. The molecule has 6 heteroatoms. The van der Waals surface area contributed by atoms with Crippen molar-refractivity contribution in [2.75, 3.05) is 26.3 Å². The fraction of sp³-hybridized carbons (Fsp3) is 0.389. The Labute approximate surface area is 140 Å². The summed E-state index contributed by atoms with van der Waals surface area (Å²) in [6, 6.07) is 5.77. The fourth-order valence-corrected chi connectivity index (χ4v) is 3.13. The first-order chi connectivity index (χ1) is 11.6. The van der Waals surface area contributed by atoms with Crippen LogP contribution in [0.4, 0.5) is 0 Å². The van der Waals surface area contributed by atoms with Gasteiger partial charge in [0.05, 0.1) is 24.3 Å². The predicted molar refractivity (Wildman–Crippen MR) is 87.5 cm³/mol. The Hall–Kier alpha value is -2.47. The average Bonchev–Trinajstić information content (AvgIpc) is 2.88. The maximum Gasteiger partial charge on any atom is 0.262 e. The first-order valence-electron chi connectivity index (χ1n) is 8.02. The van der Waals surface area contributed by atoms with E-state index in [1.54, 1.807) is 42.2 Å². The van der Waals surface area contributed by atoms with Gasteiger partial charge in [-0.15, -0.1) is 6.58 Å². The number of nitrogens with zero attached hydrogens (tertiary/aromatic N) is 2. The van der Waals surface area contributed by atoms with Crippen LogP contribution >= 0.6 is 0 Å². The van der Waals surface area contributed by atoms with Gasteiger partial charge in [-0.1, -0.05) is 25.1 Å². The van der Waals surface area contributed by atoms with Gasteiger partial charge in [0.25, 0.3) is 11.8 Å². The quantitative estimate of drug-likeness (QED) is 0.618. The molecule has 0 spiro atoms. The van der Waals surface area contributed by atoms with Gasteiger partial charge in [0, 0.05) is 19.0 Å². The zero-order valence-corrected chi connectivity index (χ0v) is 13.6. The van der Waals surface area contributed by atoms with Crippen LogP contribution in [-0.4, -0.2) is 59.9 Å². The zero-order valence-electron chi connectivity index (χ0n) is 13.6. The van der Waals surface area contributed by atoms with Crippen molar-refractivity contribution >= 4 is 17.7 Å². The van der Waals surface area contributed by atoms with Crippen molar-refractivity contribution in [3.63, 3.8) is 0 Å². The van der Waals surface area contributed by atoms with Gasteiger partial charge >= 0.3 is 0 Å². The molecule has 1 saturated heterocycles. The van der Waals surface area contributed by atoms with E-state index in [-0.39, 0.29) is 11.8 Å². The molecule has 2 aliphatic heterocycles. The number of imide groups is 1. The smallest absolute Gasteiger partial charge is 0.262 e. The van der Waals surface area contributed by atoms with E-state index < -0.39 is 17.9 Å². The molecule has 6 nitrogen and oxygen atoms in total. The summed E-state index contributed by atoms with van der Waals surface area (Å²) in [5, 5.41) is 0. The van der Waals surface area contributed by atoms with Crippen molar-refractivity contribution in [1.82, 2.24) is 9.80 Å². The maximum atomic E-state index is 13.0. The number of hydrogen-bond donors (Lipinski definition) is 0. The van der Waals surface area contributed by atoms with E-state index in [2.05, 4.69) is 6.58 Å². The molecule has 1 fully saturated rings. The van der Waals surface area contributed by atoms with E-state index in [9.17, 15) is 14.4 Å². The second-order valence-electron chi connectivity index (χ2n) is 6.00. The van der Waals surface area contributed by atoms with Crippen LogP contribution in [0, 0.1) is 5.92 Å². The standard InChI is InChI=1S/C18H20N2O4/c1-3-12(2)15(18(23)19-8-10-24-11-9-19)20-16(21)13-6-4-5-7-14(13)17(20)22/h3-7,12,15H,1,8-11H2,2H3/t12-,15+/m1/s1. The first kappa shape index (κ1) is 16.4. The van der Waals surface area contributed by atoms with Crippen LogP contribution in [0.5, 0.6) is 0 Å². The number of hydrogen-bond acceptors (Lipinski definition) is 4. The molecule has 0 radical (unpaired) electrons. The highest BCUT2D eigenvalue weighted by Gasteiger charge is 2.45. The van der Waals surface area contributed by atoms with Crippen LogP contribution in [0.3, 0.4) is 0 Å². The highest BCUT2D eigenvalue weighted by molar-refractivity contribution is 6.22. The van der Waals surface area contributed by atoms with Crippen LogP contribution in [-0.2, 0) is 9.53 Å². The molecule has 3 amide bonds. The summed E-state index contributed by atoms with van der Waals surface area (Å²) >= 11 is 0. The van der Waals surface area contributed by atoms with E-state index in [0.29, 0.717) is 37.4 Å². The Bertz CT molecular complexity index is 659. The number of carbonyl (C=O) groups is 3. The minimum atomic E-state index is -0.881. The molecule has 0 N–H and O–H groups in total. The van der Waals surface area contributed by atoms with Crippen LogP contribution in [0.25, 0.3) is 0 Å². The maximum absolute atomic E-state index is 13.0. The number of morpholine rings is 1. The minimum absolute atomic E-state index is 0.236.